The first-order valence-electron chi connectivity index (χ1n) is 10.4. The lowest BCUT2D eigenvalue weighted by atomic mass is 10.0. The number of quaternary nitrogens is 2. The third kappa shape index (κ3) is 3.40. The van der Waals surface area contributed by atoms with E-state index in [4.69, 9.17) is 13.9 Å². The molecule has 0 amide bonds. The highest BCUT2D eigenvalue weighted by molar-refractivity contribution is 5.85. The van der Waals surface area contributed by atoms with Gasteiger partial charge in [-0.1, -0.05) is 6.07 Å². The van der Waals surface area contributed by atoms with Crippen molar-refractivity contribution in [2.24, 2.45) is 0 Å². The van der Waals surface area contributed by atoms with Crippen molar-refractivity contribution in [1.82, 2.24) is 0 Å². The van der Waals surface area contributed by atoms with E-state index >= 15 is 0 Å². The van der Waals surface area contributed by atoms with Crippen LogP contribution in [-0.4, -0.2) is 51.5 Å². The van der Waals surface area contributed by atoms with E-state index in [9.17, 15) is 9.90 Å². The molecule has 0 aliphatic carbocycles. The van der Waals surface area contributed by atoms with E-state index in [1.165, 1.54) is 16.1 Å². The van der Waals surface area contributed by atoms with Crippen molar-refractivity contribution < 1.29 is 28.8 Å². The van der Waals surface area contributed by atoms with Crippen LogP contribution < -0.4 is 24.7 Å². The molecule has 2 aromatic carbocycles. The van der Waals surface area contributed by atoms with E-state index in [0.717, 1.165) is 31.7 Å². The van der Waals surface area contributed by atoms with Crippen molar-refractivity contribution in [2.45, 2.75) is 6.54 Å². The van der Waals surface area contributed by atoms with Gasteiger partial charge in [0.05, 0.1) is 23.6 Å². The molecule has 30 heavy (non-hydrogen) atoms. The Morgan fingerprint density at radius 1 is 1.00 bits per heavy atom. The quantitative estimate of drug-likeness (QED) is 0.560. The molecule has 7 heteroatoms. The van der Waals surface area contributed by atoms with Crippen LogP contribution in [0.5, 0.6) is 17.2 Å². The minimum absolute atomic E-state index is 0.119. The number of phenols is 1. The number of fused-ring (bicyclic) bond motifs is 2. The van der Waals surface area contributed by atoms with E-state index in [1.54, 1.807) is 12.1 Å². The monoisotopic (exact) mass is 410 g/mol. The van der Waals surface area contributed by atoms with E-state index in [-0.39, 0.29) is 11.2 Å². The number of rotatable bonds is 3. The van der Waals surface area contributed by atoms with Crippen molar-refractivity contribution in [1.29, 1.82) is 0 Å². The minimum Gasteiger partial charge on any atom is -0.507 e. The molecule has 1 fully saturated rings. The molecule has 0 saturated carbocycles. The van der Waals surface area contributed by atoms with Gasteiger partial charge < -0.3 is 28.8 Å². The van der Waals surface area contributed by atoms with Gasteiger partial charge in [-0.15, -0.1) is 0 Å². The Bertz CT molecular complexity index is 1150. The zero-order valence-corrected chi connectivity index (χ0v) is 17.0. The van der Waals surface area contributed by atoms with Gasteiger partial charge in [-0.2, -0.15) is 0 Å². The lowest BCUT2D eigenvalue weighted by Gasteiger charge is -2.27. The summed E-state index contributed by atoms with van der Waals surface area (Å²) >= 11 is 0. The summed E-state index contributed by atoms with van der Waals surface area (Å²) in [7, 11) is 2.20. The molecule has 2 aliphatic heterocycles. The standard InChI is InChI=1S/C23H24N2O5/c1-24-6-8-25(9-7-24)13-17-19(26)4-3-16-22(27)18(14-30-23(16)17)15-2-5-20-21(12-15)29-11-10-28-20/h2-5,12,14,26H,6-11,13H2,1H3/p+2. The molecule has 3 N–H and O–H groups in total. The van der Waals surface area contributed by atoms with Gasteiger partial charge in [0.25, 0.3) is 0 Å². The molecule has 1 aromatic heterocycles. The van der Waals surface area contributed by atoms with E-state index < -0.39 is 0 Å². The molecule has 0 bridgehead atoms. The number of aromatic hydroxyl groups is 1. The Kier molecular flexibility index (Phi) is 4.84. The van der Waals surface area contributed by atoms with E-state index in [2.05, 4.69) is 7.05 Å². The molecule has 5 rings (SSSR count). The molecule has 156 valence electrons. The fourth-order valence-corrected chi connectivity index (χ4v) is 4.29. The number of likely N-dealkylation sites (N-methyl/N-ethyl adjacent to an activating group) is 1. The number of ether oxygens (including phenoxy) is 2. The topological polar surface area (TPSA) is 77.8 Å². The average molecular weight is 410 g/mol. The van der Waals surface area contributed by atoms with Gasteiger partial charge in [0.1, 0.15) is 63.5 Å². The van der Waals surface area contributed by atoms with Gasteiger partial charge in [-0.05, 0) is 29.8 Å². The van der Waals surface area contributed by atoms with Crippen LogP contribution in [0.25, 0.3) is 22.1 Å². The molecule has 2 aliphatic rings. The maximum absolute atomic E-state index is 13.3. The van der Waals surface area contributed by atoms with Crippen molar-refractivity contribution in [3.63, 3.8) is 0 Å². The number of hydrogen-bond acceptors (Lipinski definition) is 5. The number of nitrogens with one attached hydrogen (secondary N) is 2. The molecular formula is C23H26N2O5+2. The van der Waals surface area contributed by atoms with Gasteiger partial charge >= 0.3 is 0 Å². The second-order valence-electron chi connectivity index (χ2n) is 8.16. The van der Waals surface area contributed by atoms with Crippen molar-refractivity contribution in [3.05, 3.63) is 52.4 Å². The van der Waals surface area contributed by atoms with Gasteiger partial charge in [0.2, 0.25) is 5.43 Å². The van der Waals surface area contributed by atoms with Crippen LogP contribution in [0.1, 0.15) is 5.56 Å². The molecule has 3 aromatic rings. The second-order valence-corrected chi connectivity index (χ2v) is 8.16. The Hall–Kier alpha value is -3.03. The summed E-state index contributed by atoms with van der Waals surface area (Å²) in [5, 5.41) is 11.0. The zero-order valence-electron chi connectivity index (χ0n) is 17.0. The Labute approximate surface area is 174 Å². The summed E-state index contributed by atoms with van der Waals surface area (Å²) in [4.78, 5) is 16.2. The molecule has 1 saturated heterocycles. The first-order chi connectivity index (χ1) is 14.6. The summed E-state index contributed by atoms with van der Waals surface area (Å²) < 4.78 is 17.2. The third-order valence-electron chi connectivity index (χ3n) is 6.11. The number of piperazine rings is 1. The Morgan fingerprint density at radius 3 is 2.57 bits per heavy atom. The van der Waals surface area contributed by atoms with Gasteiger partial charge in [-0.3, -0.25) is 4.79 Å². The van der Waals surface area contributed by atoms with Crippen molar-refractivity contribution in [2.75, 3.05) is 46.4 Å². The highest BCUT2D eigenvalue weighted by Crippen LogP contribution is 2.34. The van der Waals surface area contributed by atoms with E-state index in [0.29, 0.717) is 53.4 Å². The van der Waals surface area contributed by atoms with E-state index in [1.807, 2.05) is 18.2 Å². The Morgan fingerprint density at radius 2 is 1.77 bits per heavy atom. The minimum atomic E-state index is -0.119. The highest BCUT2D eigenvalue weighted by atomic mass is 16.6. The Balaban J connectivity index is 1.53. The number of phenolic OH excluding ortho intramolecular Hbond substituents is 1. The smallest absolute Gasteiger partial charge is 0.200 e. The van der Waals surface area contributed by atoms with Crippen LogP contribution in [0.2, 0.25) is 0 Å². The summed E-state index contributed by atoms with van der Waals surface area (Å²) in [6, 6.07) is 8.70. The van der Waals surface area contributed by atoms with Gasteiger partial charge in [0.15, 0.2) is 11.5 Å². The molecule has 7 nitrogen and oxygen atoms in total. The summed E-state index contributed by atoms with van der Waals surface area (Å²) in [5.74, 6) is 1.49. The van der Waals surface area contributed by atoms with Crippen LogP contribution in [0.3, 0.4) is 0 Å². The first-order valence-corrected chi connectivity index (χ1v) is 10.4. The maximum Gasteiger partial charge on any atom is 0.200 e. The van der Waals surface area contributed by atoms with Gasteiger partial charge in [-0.25, -0.2) is 0 Å². The van der Waals surface area contributed by atoms with Crippen LogP contribution in [0.15, 0.2) is 45.8 Å². The van der Waals surface area contributed by atoms with Crippen molar-refractivity contribution in [3.8, 4) is 28.4 Å². The van der Waals surface area contributed by atoms with Crippen LogP contribution in [0, 0.1) is 0 Å². The summed E-state index contributed by atoms with van der Waals surface area (Å²) in [6.45, 7) is 5.90. The van der Waals surface area contributed by atoms with Crippen LogP contribution in [-0.2, 0) is 6.54 Å². The van der Waals surface area contributed by atoms with Crippen molar-refractivity contribution >= 4 is 11.0 Å². The lowest BCUT2D eigenvalue weighted by molar-refractivity contribution is -1.01. The predicted molar refractivity (Wildman–Crippen MR) is 112 cm³/mol. The third-order valence-corrected chi connectivity index (χ3v) is 6.11. The summed E-state index contributed by atoms with van der Waals surface area (Å²) in [6.07, 6.45) is 1.49. The zero-order chi connectivity index (χ0) is 20.7. The fourth-order valence-electron chi connectivity index (χ4n) is 4.29. The predicted octanol–water partition coefficient (Wildman–Crippen LogP) is -0.150. The fraction of sp³-hybridized carbons (Fsp3) is 0.348. The first kappa shape index (κ1) is 19.0. The molecule has 3 heterocycles. The number of hydrogen-bond donors (Lipinski definition) is 3. The molecule has 0 atom stereocenters. The van der Waals surface area contributed by atoms with Gasteiger partial charge in [0, 0.05) is 0 Å². The highest BCUT2D eigenvalue weighted by Gasteiger charge is 2.24. The SMILES string of the molecule is C[NH+]1CC[NH+](Cc2c(O)ccc3c(=O)c(-c4ccc5c(c4)OCCO5)coc23)CC1. The number of benzene rings is 2. The molecule has 0 spiro atoms. The summed E-state index contributed by atoms with van der Waals surface area (Å²) in [5.41, 5.74) is 2.24. The van der Waals surface area contributed by atoms with Crippen LogP contribution >= 0.6 is 0 Å². The molecule has 0 radical (unpaired) electrons. The maximum atomic E-state index is 13.3. The molecular weight excluding hydrogens is 384 g/mol. The molecule has 0 unspecified atom stereocenters. The lowest BCUT2D eigenvalue weighted by Crippen LogP contribution is -3.26. The second kappa shape index (κ2) is 7.66. The normalized spacial score (nSPS) is 21.0. The average Bonchev–Trinajstić information content (AvgIpc) is 2.77. The largest absolute Gasteiger partial charge is 0.507 e. The van der Waals surface area contributed by atoms with Crippen LogP contribution in [0.4, 0.5) is 0 Å².